The quantitative estimate of drug-likeness (QED) is 0.611. The van der Waals surface area contributed by atoms with Crippen LogP contribution in [0.1, 0.15) is 5.56 Å². The first-order valence-electron chi connectivity index (χ1n) is 3.75. The Morgan fingerprint density at radius 3 is 2.92 bits per heavy atom. The molecule has 2 aromatic rings. The average Bonchev–Trinajstić information content (AvgIpc) is 2.19. The maximum absolute atomic E-state index is 13.4. The molecule has 62 valence electrons. The Morgan fingerprint density at radius 1 is 1.31 bits per heavy atom. The molecule has 0 unspecified atom stereocenters. The first-order valence-corrected chi connectivity index (χ1v) is 3.75. The van der Waals surface area contributed by atoms with E-state index >= 15 is 0 Å². The van der Waals surface area contributed by atoms with Crippen molar-refractivity contribution in [2.24, 2.45) is 0 Å². The highest BCUT2D eigenvalue weighted by Crippen LogP contribution is 2.18. The highest BCUT2D eigenvalue weighted by molar-refractivity contribution is 5.83. The van der Waals surface area contributed by atoms with E-state index < -0.39 is 5.82 Å². The summed E-state index contributed by atoms with van der Waals surface area (Å²) in [6.07, 6.45) is 3.08. The number of nitriles is 1. The molecule has 0 aliphatic carbocycles. The zero-order valence-corrected chi connectivity index (χ0v) is 6.66. The fourth-order valence-corrected chi connectivity index (χ4v) is 1.22. The molecular weight excluding hydrogens is 167 g/mol. The fourth-order valence-electron chi connectivity index (χ4n) is 1.22. The predicted octanol–water partition coefficient (Wildman–Crippen LogP) is 2.25. The van der Waals surface area contributed by atoms with E-state index in [2.05, 4.69) is 4.98 Å². The lowest BCUT2D eigenvalue weighted by molar-refractivity contribution is 0.636. The molecule has 0 fully saturated rings. The Labute approximate surface area is 74.3 Å². The van der Waals surface area contributed by atoms with Crippen LogP contribution in [0, 0.1) is 17.1 Å². The Morgan fingerprint density at radius 2 is 2.15 bits per heavy atom. The van der Waals surface area contributed by atoms with E-state index in [1.807, 2.05) is 0 Å². The van der Waals surface area contributed by atoms with Crippen LogP contribution in [-0.2, 0) is 0 Å². The minimum Gasteiger partial charge on any atom is -0.264 e. The summed E-state index contributed by atoms with van der Waals surface area (Å²) in [5.41, 5.74) is 0.0682. The van der Waals surface area contributed by atoms with Crippen molar-refractivity contribution < 1.29 is 4.39 Å². The molecule has 0 saturated carbocycles. The molecule has 3 heteroatoms. The number of benzene rings is 1. The number of halogens is 1. The Bertz CT molecular complexity index is 500. The van der Waals surface area contributed by atoms with E-state index in [1.54, 1.807) is 24.4 Å². The van der Waals surface area contributed by atoms with Gasteiger partial charge in [0.25, 0.3) is 0 Å². The summed E-state index contributed by atoms with van der Waals surface area (Å²) in [7, 11) is 0. The van der Waals surface area contributed by atoms with Crippen LogP contribution in [-0.4, -0.2) is 4.98 Å². The number of hydrogen-bond acceptors (Lipinski definition) is 2. The van der Waals surface area contributed by atoms with Gasteiger partial charge in [-0.2, -0.15) is 5.26 Å². The third kappa shape index (κ3) is 1.13. The average molecular weight is 172 g/mol. The summed E-state index contributed by atoms with van der Waals surface area (Å²) < 4.78 is 13.4. The van der Waals surface area contributed by atoms with E-state index in [0.717, 1.165) is 0 Å². The van der Waals surface area contributed by atoms with Gasteiger partial charge in [-0.1, -0.05) is 6.07 Å². The molecular formula is C10H5FN2. The van der Waals surface area contributed by atoms with Crippen LogP contribution in [0.15, 0.2) is 30.6 Å². The second kappa shape index (κ2) is 2.83. The molecule has 0 aliphatic heterocycles. The van der Waals surface area contributed by atoms with Gasteiger partial charge in [0.2, 0.25) is 0 Å². The topological polar surface area (TPSA) is 36.7 Å². The molecule has 1 aromatic carbocycles. The van der Waals surface area contributed by atoms with Crippen molar-refractivity contribution in [3.05, 3.63) is 42.0 Å². The van der Waals surface area contributed by atoms with E-state index in [9.17, 15) is 4.39 Å². The summed E-state index contributed by atoms with van der Waals surface area (Å²) >= 11 is 0. The summed E-state index contributed by atoms with van der Waals surface area (Å²) in [6.45, 7) is 0. The Hall–Kier alpha value is -1.95. The maximum Gasteiger partial charge on any atom is 0.148 e. The van der Waals surface area contributed by atoms with Gasteiger partial charge >= 0.3 is 0 Å². The van der Waals surface area contributed by atoms with Crippen LogP contribution in [0.4, 0.5) is 4.39 Å². The molecule has 0 radical (unpaired) electrons. The zero-order chi connectivity index (χ0) is 9.26. The van der Waals surface area contributed by atoms with Gasteiger partial charge in [-0.05, 0) is 12.1 Å². The van der Waals surface area contributed by atoms with Crippen molar-refractivity contribution in [1.82, 2.24) is 4.98 Å². The SMILES string of the molecule is N#Cc1ccc2cnccc2c1F. The first-order chi connectivity index (χ1) is 6.33. The van der Waals surface area contributed by atoms with Crippen molar-refractivity contribution in [3.63, 3.8) is 0 Å². The van der Waals surface area contributed by atoms with Gasteiger partial charge in [-0.15, -0.1) is 0 Å². The molecule has 0 aliphatic rings. The predicted molar refractivity (Wildman–Crippen MR) is 46.4 cm³/mol. The number of nitrogens with zero attached hydrogens (tertiary/aromatic N) is 2. The fraction of sp³-hybridized carbons (Fsp3) is 0. The van der Waals surface area contributed by atoms with E-state index in [1.165, 1.54) is 12.3 Å². The largest absolute Gasteiger partial charge is 0.264 e. The van der Waals surface area contributed by atoms with Gasteiger partial charge in [0.1, 0.15) is 11.9 Å². The smallest absolute Gasteiger partial charge is 0.148 e. The number of fused-ring (bicyclic) bond motifs is 1. The second-order valence-electron chi connectivity index (χ2n) is 2.64. The molecule has 2 rings (SSSR count). The molecule has 0 amide bonds. The maximum atomic E-state index is 13.4. The van der Waals surface area contributed by atoms with Crippen molar-refractivity contribution in [3.8, 4) is 6.07 Å². The highest BCUT2D eigenvalue weighted by atomic mass is 19.1. The minimum atomic E-state index is -0.470. The van der Waals surface area contributed by atoms with Gasteiger partial charge in [0.05, 0.1) is 5.56 Å². The van der Waals surface area contributed by atoms with E-state index in [0.29, 0.717) is 10.8 Å². The van der Waals surface area contributed by atoms with Crippen LogP contribution in [0.3, 0.4) is 0 Å². The lowest BCUT2D eigenvalue weighted by Gasteiger charge is -1.98. The number of aromatic nitrogens is 1. The standard InChI is InChI=1S/C10H5FN2/c11-10-7(5-12)1-2-8-6-13-4-3-9(8)10/h1-4,6H. The number of hydrogen-bond donors (Lipinski definition) is 0. The van der Waals surface area contributed by atoms with Gasteiger partial charge < -0.3 is 0 Å². The van der Waals surface area contributed by atoms with Crippen LogP contribution >= 0.6 is 0 Å². The van der Waals surface area contributed by atoms with Crippen molar-refractivity contribution in [2.45, 2.75) is 0 Å². The van der Waals surface area contributed by atoms with Crippen molar-refractivity contribution in [2.75, 3.05) is 0 Å². The van der Waals surface area contributed by atoms with Gasteiger partial charge in [-0.3, -0.25) is 4.98 Å². The van der Waals surface area contributed by atoms with Gasteiger partial charge in [0, 0.05) is 23.2 Å². The molecule has 0 N–H and O–H groups in total. The molecule has 0 spiro atoms. The third-order valence-corrected chi connectivity index (χ3v) is 1.87. The van der Waals surface area contributed by atoms with Crippen molar-refractivity contribution >= 4 is 10.8 Å². The molecule has 1 aromatic heterocycles. The van der Waals surface area contributed by atoms with Crippen LogP contribution in [0.2, 0.25) is 0 Å². The molecule has 2 nitrogen and oxygen atoms in total. The molecule has 0 atom stereocenters. The first kappa shape index (κ1) is 7.69. The summed E-state index contributed by atoms with van der Waals surface area (Å²) in [6, 6.07) is 6.50. The van der Waals surface area contributed by atoms with E-state index in [4.69, 9.17) is 5.26 Å². The monoisotopic (exact) mass is 172 g/mol. The molecule has 0 bridgehead atoms. The zero-order valence-electron chi connectivity index (χ0n) is 6.66. The minimum absolute atomic E-state index is 0.0682. The number of rotatable bonds is 0. The summed E-state index contributed by atoms with van der Waals surface area (Å²) in [5, 5.41) is 9.72. The molecule has 1 heterocycles. The third-order valence-electron chi connectivity index (χ3n) is 1.87. The number of pyridine rings is 1. The van der Waals surface area contributed by atoms with Crippen LogP contribution in [0.25, 0.3) is 10.8 Å². The second-order valence-corrected chi connectivity index (χ2v) is 2.64. The Balaban J connectivity index is 2.89. The highest BCUT2D eigenvalue weighted by Gasteiger charge is 2.05. The normalized spacial score (nSPS) is 9.85. The van der Waals surface area contributed by atoms with E-state index in [-0.39, 0.29) is 5.56 Å². The van der Waals surface area contributed by atoms with Gasteiger partial charge in [0.15, 0.2) is 0 Å². The van der Waals surface area contributed by atoms with Crippen molar-refractivity contribution in [1.29, 1.82) is 5.26 Å². The molecule has 0 saturated heterocycles. The van der Waals surface area contributed by atoms with Gasteiger partial charge in [-0.25, -0.2) is 4.39 Å². The lowest BCUT2D eigenvalue weighted by atomic mass is 10.1. The Kier molecular flexibility index (Phi) is 1.67. The van der Waals surface area contributed by atoms with Crippen LogP contribution in [0.5, 0.6) is 0 Å². The van der Waals surface area contributed by atoms with Crippen LogP contribution < -0.4 is 0 Å². The molecule has 13 heavy (non-hydrogen) atoms. The summed E-state index contributed by atoms with van der Waals surface area (Å²) in [4.78, 5) is 3.86. The lowest BCUT2D eigenvalue weighted by Crippen LogP contribution is -1.86. The summed E-state index contributed by atoms with van der Waals surface area (Å²) in [5.74, 6) is -0.470.